The van der Waals surface area contributed by atoms with Crippen molar-refractivity contribution >= 4 is 32.4 Å². The van der Waals surface area contributed by atoms with Gasteiger partial charge in [0.25, 0.3) is 0 Å². The molecule has 1 N–H and O–H groups in total. The Morgan fingerprint density at radius 2 is 1.81 bits per heavy atom. The van der Waals surface area contributed by atoms with Crippen LogP contribution in [0.15, 0.2) is 58.8 Å². The molecule has 31 heavy (non-hydrogen) atoms. The number of amides is 1. The van der Waals surface area contributed by atoms with E-state index in [0.717, 1.165) is 35.2 Å². The largest absolute Gasteiger partial charge is 0.302 e. The summed E-state index contributed by atoms with van der Waals surface area (Å²) in [5.41, 5.74) is 3.98. The van der Waals surface area contributed by atoms with Gasteiger partial charge < -0.3 is 5.32 Å². The number of hydrogen-bond donors (Lipinski definition) is 1. The van der Waals surface area contributed by atoms with Gasteiger partial charge in [-0.3, -0.25) is 4.79 Å². The van der Waals surface area contributed by atoms with E-state index in [1.807, 2.05) is 36.6 Å². The van der Waals surface area contributed by atoms with Crippen LogP contribution in [0.4, 0.5) is 5.13 Å². The van der Waals surface area contributed by atoms with Crippen LogP contribution in [0.25, 0.3) is 11.3 Å². The summed E-state index contributed by atoms with van der Waals surface area (Å²) in [6.07, 6.45) is 2.67. The van der Waals surface area contributed by atoms with Gasteiger partial charge in [-0.15, -0.1) is 11.3 Å². The highest BCUT2D eigenvalue weighted by Crippen LogP contribution is 2.27. The minimum absolute atomic E-state index is 0.112. The maximum atomic E-state index is 12.6. The van der Waals surface area contributed by atoms with Crippen molar-refractivity contribution in [3.05, 3.63) is 65.0 Å². The first kappa shape index (κ1) is 21.7. The number of nitrogens with zero attached hydrogens (tertiary/aromatic N) is 2. The van der Waals surface area contributed by atoms with Crippen molar-refractivity contribution in [1.82, 2.24) is 9.29 Å². The average molecular weight is 456 g/mol. The number of rotatable bonds is 7. The molecule has 1 amide bonds. The Hall–Kier alpha value is -2.55. The van der Waals surface area contributed by atoms with Crippen molar-refractivity contribution in [3.8, 4) is 11.3 Å². The summed E-state index contributed by atoms with van der Waals surface area (Å²) in [5.74, 6) is -0.112. The van der Waals surface area contributed by atoms with Gasteiger partial charge in [-0.25, -0.2) is 13.4 Å². The van der Waals surface area contributed by atoms with E-state index < -0.39 is 10.0 Å². The second-order valence-corrected chi connectivity index (χ2v) is 10.5. The summed E-state index contributed by atoms with van der Waals surface area (Å²) in [6, 6.07) is 14.9. The number of aryl methyl sites for hydroxylation is 2. The van der Waals surface area contributed by atoms with Gasteiger partial charge >= 0.3 is 0 Å². The van der Waals surface area contributed by atoms with E-state index in [2.05, 4.69) is 10.3 Å². The van der Waals surface area contributed by atoms with Crippen molar-refractivity contribution < 1.29 is 13.2 Å². The second kappa shape index (κ2) is 9.30. The molecule has 0 radical (unpaired) electrons. The molecule has 1 fully saturated rings. The minimum Gasteiger partial charge on any atom is -0.302 e. The van der Waals surface area contributed by atoms with E-state index in [-0.39, 0.29) is 5.91 Å². The Morgan fingerprint density at radius 1 is 1.10 bits per heavy atom. The Labute approximate surface area is 187 Å². The summed E-state index contributed by atoms with van der Waals surface area (Å²) in [4.78, 5) is 17.2. The van der Waals surface area contributed by atoms with Gasteiger partial charge in [0.1, 0.15) is 0 Å². The van der Waals surface area contributed by atoms with Crippen LogP contribution >= 0.6 is 11.3 Å². The highest BCUT2D eigenvalue weighted by atomic mass is 32.2. The van der Waals surface area contributed by atoms with Crippen LogP contribution in [-0.2, 0) is 21.2 Å². The molecule has 0 unspecified atom stereocenters. The molecule has 1 aromatic heterocycles. The van der Waals surface area contributed by atoms with Crippen LogP contribution in [-0.4, -0.2) is 36.7 Å². The molecule has 2 aromatic carbocycles. The molecule has 6 nitrogen and oxygen atoms in total. The van der Waals surface area contributed by atoms with E-state index >= 15 is 0 Å². The summed E-state index contributed by atoms with van der Waals surface area (Å²) in [7, 11) is -3.40. The number of nitrogens with one attached hydrogen (secondary N) is 1. The smallest absolute Gasteiger partial charge is 0.243 e. The molecule has 162 valence electrons. The first-order chi connectivity index (χ1) is 14.9. The maximum Gasteiger partial charge on any atom is 0.243 e. The Morgan fingerprint density at radius 3 is 2.52 bits per heavy atom. The zero-order valence-corrected chi connectivity index (χ0v) is 19.0. The van der Waals surface area contributed by atoms with Gasteiger partial charge in [-0.05, 0) is 49.4 Å². The van der Waals surface area contributed by atoms with Crippen LogP contribution in [0.2, 0.25) is 0 Å². The number of hydrogen-bond acceptors (Lipinski definition) is 5. The molecule has 8 heteroatoms. The van der Waals surface area contributed by atoms with Crippen LogP contribution < -0.4 is 5.32 Å². The lowest BCUT2D eigenvalue weighted by Crippen LogP contribution is -2.27. The number of thiazole rings is 1. The molecule has 3 aromatic rings. The third kappa shape index (κ3) is 5.03. The van der Waals surface area contributed by atoms with E-state index in [9.17, 15) is 13.2 Å². The molecular weight excluding hydrogens is 430 g/mol. The fourth-order valence-electron chi connectivity index (χ4n) is 3.66. The van der Waals surface area contributed by atoms with Crippen LogP contribution in [0.3, 0.4) is 0 Å². The number of aromatic nitrogens is 1. The Bertz CT molecular complexity index is 1160. The van der Waals surface area contributed by atoms with Gasteiger partial charge in [0.15, 0.2) is 5.13 Å². The third-order valence-electron chi connectivity index (χ3n) is 5.44. The van der Waals surface area contributed by atoms with Gasteiger partial charge in [0, 0.05) is 30.5 Å². The van der Waals surface area contributed by atoms with E-state index in [0.29, 0.717) is 36.0 Å². The fraction of sp³-hybridized carbons (Fsp3) is 0.304. The quantitative estimate of drug-likeness (QED) is 0.570. The molecule has 2 heterocycles. The first-order valence-corrected chi connectivity index (χ1v) is 12.7. The summed E-state index contributed by atoms with van der Waals surface area (Å²) in [6.45, 7) is 3.22. The van der Waals surface area contributed by atoms with E-state index in [1.54, 1.807) is 24.3 Å². The Kier molecular flexibility index (Phi) is 6.50. The molecule has 1 aliphatic rings. The predicted octanol–water partition coefficient (Wildman–Crippen LogP) is 4.47. The topological polar surface area (TPSA) is 79.4 Å². The van der Waals surface area contributed by atoms with E-state index in [1.165, 1.54) is 15.6 Å². The summed E-state index contributed by atoms with van der Waals surface area (Å²) < 4.78 is 26.7. The summed E-state index contributed by atoms with van der Waals surface area (Å²) in [5, 5.41) is 5.38. The Balaban J connectivity index is 1.33. The lowest BCUT2D eigenvalue weighted by Gasteiger charge is -2.15. The van der Waals surface area contributed by atoms with E-state index in [4.69, 9.17) is 0 Å². The second-order valence-electron chi connectivity index (χ2n) is 7.66. The van der Waals surface area contributed by atoms with Crippen LogP contribution in [0.5, 0.6) is 0 Å². The lowest BCUT2D eigenvalue weighted by atomic mass is 10.1. The van der Waals surface area contributed by atoms with Gasteiger partial charge in [0.05, 0.1) is 10.6 Å². The normalized spacial score (nSPS) is 14.6. The number of carbonyl (C=O) groups excluding carboxylic acids is 1. The molecule has 0 spiro atoms. The molecule has 0 aliphatic carbocycles. The minimum atomic E-state index is -3.40. The third-order valence-corrected chi connectivity index (χ3v) is 8.11. The highest BCUT2D eigenvalue weighted by molar-refractivity contribution is 7.89. The standard InChI is InChI=1S/C23H25N3O3S2/c1-17-6-2-3-7-20(17)21-16-30-23(24-21)25-22(27)13-10-18-8-11-19(12-9-18)31(28,29)26-14-4-5-15-26/h2-3,6-9,11-12,16H,4-5,10,13-15H2,1H3,(H,24,25,27). The number of benzene rings is 2. The van der Waals surface area contributed by atoms with Crippen molar-refractivity contribution in [1.29, 1.82) is 0 Å². The predicted molar refractivity (Wildman–Crippen MR) is 124 cm³/mol. The molecule has 0 atom stereocenters. The lowest BCUT2D eigenvalue weighted by molar-refractivity contribution is -0.116. The van der Waals surface area contributed by atoms with Crippen LogP contribution in [0.1, 0.15) is 30.4 Å². The monoisotopic (exact) mass is 455 g/mol. The zero-order chi connectivity index (χ0) is 21.8. The molecule has 4 rings (SSSR count). The zero-order valence-electron chi connectivity index (χ0n) is 17.4. The molecule has 1 aliphatic heterocycles. The summed E-state index contributed by atoms with van der Waals surface area (Å²) >= 11 is 1.41. The number of anilines is 1. The SMILES string of the molecule is Cc1ccccc1-c1csc(NC(=O)CCc2ccc(S(=O)(=O)N3CCCC3)cc2)n1. The number of carbonyl (C=O) groups is 1. The van der Waals surface area contributed by atoms with Crippen LogP contribution in [0, 0.1) is 6.92 Å². The maximum absolute atomic E-state index is 12.6. The first-order valence-electron chi connectivity index (χ1n) is 10.3. The molecule has 0 saturated carbocycles. The average Bonchev–Trinajstić information content (AvgIpc) is 3.46. The number of sulfonamides is 1. The van der Waals surface area contributed by atoms with Crippen molar-refractivity contribution in [3.63, 3.8) is 0 Å². The van der Waals surface area contributed by atoms with Gasteiger partial charge in [-0.2, -0.15) is 4.31 Å². The van der Waals surface area contributed by atoms with Crippen molar-refractivity contribution in [2.24, 2.45) is 0 Å². The highest BCUT2D eigenvalue weighted by Gasteiger charge is 2.26. The van der Waals surface area contributed by atoms with Gasteiger partial charge in [-0.1, -0.05) is 36.4 Å². The van der Waals surface area contributed by atoms with Gasteiger partial charge in [0.2, 0.25) is 15.9 Å². The molecule has 1 saturated heterocycles. The van der Waals surface area contributed by atoms with Crippen molar-refractivity contribution in [2.45, 2.75) is 37.5 Å². The molecule has 0 bridgehead atoms. The molecular formula is C23H25N3O3S2. The fourth-order valence-corrected chi connectivity index (χ4v) is 5.90. The van der Waals surface area contributed by atoms with Crippen molar-refractivity contribution in [2.75, 3.05) is 18.4 Å².